The summed E-state index contributed by atoms with van der Waals surface area (Å²) in [6.07, 6.45) is -5.62. The van der Waals surface area contributed by atoms with Gasteiger partial charge in [0.05, 0.1) is 12.2 Å². The zero-order valence-electron chi connectivity index (χ0n) is 13.5. The molecule has 138 valence electrons. The van der Waals surface area contributed by atoms with Gasteiger partial charge >= 0.3 is 18.2 Å². The molecule has 1 unspecified atom stereocenters. The van der Waals surface area contributed by atoms with Crippen LogP contribution in [0.2, 0.25) is 0 Å². The number of rotatable bonds is 6. The summed E-state index contributed by atoms with van der Waals surface area (Å²) < 4.78 is 45.3. The number of ether oxygens (including phenoxy) is 2. The van der Waals surface area contributed by atoms with Crippen LogP contribution in [0.1, 0.15) is 22.8 Å². The van der Waals surface area contributed by atoms with Crippen LogP contribution in [0.5, 0.6) is 0 Å². The first kappa shape index (κ1) is 20.4. The Kier molecular flexibility index (Phi) is 7.37. The minimum Gasteiger partial charge on any atom is -0.449 e. The van der Waals surface area contributed by atoms with Crippen molar-refractivity contribution >= 4 is 17.9 Å². The number of imide groups is 1. The first-order chi connectivity index (χ1) is 11.6. The molecule has 1 atom stereocenters. The normalized spacial score (nSPS) is 12.2. The Balaban J connectivity index is 2.53. The minimum absolute atomic E-state index is 0.0964. The Morgan fingerprint density at radius 3 is 2.28 bits per heavy atom. The predicted octanol–water partition coefficient (Wildman–Crippen LogP) is 1.77. The summed E-state index contributed by atoms with van der Waals surface area (Å²) in [4.78, 5) is 34.5. The van der Waals surface area contributed by atoms with Crippen molar-refractivity contribution in [1.29, 1.82) is 0 Å². The van der Waals surface area contributed by atoms with E-state index in [0.717, 1.165) is 0 Å². The van der Waals surface area contributed by atoms with Gasteiger partial charge in [-0.1, -0.05) is 12.1 Å². The Bertz CT molecular complexity index is 617. The lowest BCUT2D eigenvalue weighted by molar-refractivity contribution is -0.176. The molecular weight excluding hydrogens is 345 g/mol. The van der Waals surface area contributed by atoms with Crippen LogP contribution in [0.3, 0.4) is 0 Å². The molecule has 3 amide bonds. The summed E-state index contributed by atoms with van der Waals surface area (Å²) in [6.45, 7) is -0.343. The summed E-state index contributed by atoms with van der Waals surface area (Å²) in [7, 11) is 1.32. The number of nitrogens with one attached hydrogen (secondary N) is 2. The van der Waals surface area contributed by atoms with Crippen LogP contribution >= 0.6 is 0 Å². The van der Waals surface area contributed by atoms with Gasteiger partial charge in [0, 0.05) is 7.05 Å². The highest BCUT2D eigenvalue weighted by Crippen LogP contribution is 2.16. The highest BCUT2D eigenvalue weighted by atomic mass is 19.4. The van der Waals surface area contributed by atoms with Gasteiger partial charge in [-0.3, -0.25) is 10.1 Å². The number of carbonyl (C=O) groups is 3. The van der Waals surface area contributed by atoms with Crippen molar-refractivity contribution in [2.75, 3.05) is 13.7 Å². The average Bonchev–Trinajstić information content (AvgIpc) is 2.53. The molecule has 25 heavy (non-hydrogen) atoms. The number of alkyl halides is 3. The van der Waals surface area contributed by atoms with E-state index < -0.39 is 36.8 Å². The van der Waals surface area contributed by atoms with E-state index in [9.17, 15) is 27.6 Å². The molecule has 0 saturated heterocycles. The number of benzene rings is 1. The van der Waals surface area contributed by atoms with E-state index in [2.05, 4.69) is 10.1 Å². The van der Waals surface area contributed by atoms with E-state index in [0.29, 0.717) is 5.56 Å². The molecule has 10 heteroatoms. The Morgan fingerprint density at radius 1 is 1.16 bits per heavy atom. The summed E-state index contributed by atoms with van der Waals surface area (Å²) in [5.41, 5.74) is 0.533. The van der Waals surface area contributed by atoms with Crippen LogP contribution in [0.15, 0.2) is 24.3 Å². The topological polar surface area (TPSA) is 93.7 Å². The molecule has 2 N–H and O–H groups in total. The van der Waals surface area contributed by atoms with E-state index in [4.69, 9.17) is 4.74 Å². The van der Waals surface area contributed by atoms with Gasteiger partial charge in [-0.05, 0) is 24.6 Å². The number of halogens is 3. The standard InChI is InChI=1S/C15H17F3N2O5/c1-9(12(21)20-14(23)19-2)25-13(22)11-5-3-10(4-6-11)7-24-8-15(16,17)18/h3-6,9H,7-8H2,1-2H3,(H2,19,20,21,23). The van der Waals surface area contributed by atoms with Gasteiger partial charge in [-0.15, -0.1) is 0 Å². The average molecular weight is 362 g/mol. The number of urea groups is 1. The molecule has 0 heterocycles. The fraction of sp³-hybridized carbons (Fsp3) is 0.400. The van der Waals surface area contributed by atoms with E-state index >= 15 is 0 Å². The lowest BCUT2D eigenvalue weighted by Gasteiger charge is -2.13. The van der Waals surface area contributed by atoms with Crippen molar-refractivity contribution in [3.8, 4) is 0 Å². The zero-order chi connectivity index (χ0) is 19.0. The van der Waals surface area contributed by atoms with E-state index in [1.54, 1.807) is 0 Å². The van der Waals surface area contributed by atoms with Crippen LogP contribution in [0.4, 0.5) is 18.0 Å². The fourth-order valence-electron chi connectivity index (χ4n) is 1.58. The maximum Gasteiger partial charge on any atom is 0.411 e. The number of hydrogen-bond donors (Lipinski definition) is 2. The summed E-state index contributed by atoms with van der Waals surface area (Å²) >= 11 is 0. The second kappa shape index (κ2) is 9.02. The summed E-state index contributed by atoms with van der Waals surface area (Å²) in [5, 5.41) is 4.13. The van der Waals surface area contributed by atoms with Crippen molar-refractivity contribution in [3.05, 3.63) is 35.4 Å². The molecule has 1 rings (SSSR count). The third-order valence-corrected chi connectivity index (χ3v) is 2.84. The van der Waals surface area contributed by atoms with Gasteiger partial charge in [-0.2, -0.15) is 13.2 Å². The monoisotopic (exact) mass is 362 g/mol. The number of carbonyl (C=O) groups excluding carboxylic acids is 3. The molecule has 0 bridgehead atoms. The molecule has 0 saturated carbocycles. The van der Waals surface area contributed by atoms with E-state index in [1.807, 2.05) is 5.32 Å². The Hall–Kier alpha value is -2.62. The van der Waals surface area contributed by atoms with Crippen LogP contribution in [-0.2, 0) is 20.9 Å². The van der Waals surface area contributed by atoms with Crippen molar-refractivity contribution < 1.29 is 37.0 Å². The van der Waals surface area contributed by atoms with E-state index in [1.165, 1.54) is 38.2 Å². The zero-order valence-corrected chi connectivity index (χ0v) is 13.5. The maximum atomic E-state index is 12.0. The van der Waals surface area contributed by atoms with Gasteiger partial charge < -0.3 is 14.8 Å². The maximum absolute atomic E-state index is 12.0. The lowest BCUT2D eigenvalue weighted by Crippen LogP contribution is -2.43. The van der Waals surface area contributed by atoms with Gasteiger partial charge in [0.15, 0.2) is 6.10 Å². The lowest BCUT2D eigenvalue weighted by atomic mass is 10.1. The van der Waals surface area contributed by atoms with Crippen LogP contribution in [-0.4, -0.2) is 43.8 Å². The Labute approximate surface area is 141 Å². The smallest absolute Gasteiger partial charge is 0.411 e. The quantitative estimate of drug-likeness (QED) is 0.753. The molecule has 0 fully saturated rings. The first-order valence-electron chi connectivity index (χ1n) is 7.09. The van der Waals surface area contributed by atoms with Gasteiger partial charge in [0.1, 0.15) is 6.61 Å². The van der Waals surface area contributed by atoms with Crippen molar-refractivity contribution in [2.24, 2.45) is 0 Å². The highest BCUT2D eigenvalue weighted by Gasteiger charge is 2.27. The molecule has 0 aromatic heterocycles. The molecule has 0 aliphatic rings. The van der Waals surface area contributed by atoms with E-state index in [-0.39, 0.29) is 12.2 Å². The molecule has 1 aromatic rings. The summed E-state index contributed by atoms with van der Waals surface area (Å²) in [5.74, 6) is -1.62. The fourth-order valence-corrected chi connectivity index (χ4v) is 1.58. The third-order valence-electron chi connectivity index (χ3n) is 2.84. The minimum atomic E-state index is -4.41. The van der Waals surface area contributed by atoms with Crippen LogP contribution < -0.4 is 10.6 Å². The molecule has 0 aliphatic carbocycles. The number of hydrogen-bond acceptors (Lipinski definition) is 5. The largest absolute Gasteiger partial charge is 0.449 e. The van der Waals surface area contributed by atoms with Gasteiger partial charge in [0.2, 0.25) is 0 Å². The van der Waals surface area contributed by atoms with Crippen molar-refractivity contribution in [1.82, 2.24) is 10.6 Å². The van der Waals surface area contributed by atoms with Crippen LogP contribution in [0.25, 0.3) is 0 Å². The molecular formula is C15H17F3N2O5. The summed E-state index contributed by atoms with van der Waals surface area (Å²) in [6, 6.07) is 4.73. The van der Waals surface area contributed by atoms with Crippen molar-refractivity contribution in [3.63, 3.8) is 0 Å². The second-order valence-electron chi connectivity index (χ2n) is 4.92. The molecule has 0 aliphatic heterocycles. The highest BCUT2D eigenvalue weighted by molar-refractivity contribution is 5.98. The predicted molar refractivity (Wildman–Crippen MR) is 79.6 cm³/mol. The molecule has 0 spiro atoms. The second-order valence-corrected chi connectivity index (χ2v) is 4.92. The van der Waals surface area contributed by atoms with Gasteiger partial charge in [-0.25, -0.2) is 9.59 Å². The van der Waals surface area contributed by atoms with Crippen LogP contribution in [0, 0.1) is 0 Å². The third kappa shape index (κ3) is 7.66. The molecule has 1 aromatic carbocycles. The Morgan fingerprint density at radius 2 is 1.76 bits per heavy atom. The number of amides is 3. The first-order valence-corrected chi connectivity index (χ1v) is 7.09. The number of esters is 1. The molecule has 7 nitrogen and oxygen atoms in total. The van der Waals surface area contributed by atoms with Crippen molar-refractivity contribution in [2.45, 2.75) is 25.8 Å². The SMILES string of the molecule is CNC(=O)NC(=O)C(C)OC(=O)c1ccc(COCC(F)(F)F)cc1. The molecule has 0 radical (unpaired) electrons. The van der Waals surface area contributed by atoms with Gasteiger partial charge in [0.25, 0.3) is 5.91 Å².